The van der Waals surface area contributed by atoms with Crippen LogP contribution in [0, 0.1) is 19.7 Å². The maximum Gasteiger partial charge on any atom is 0.263 e. The number of morpholine rings is 1. The third-order valence-electron chi connectivity index (χ3n) is 5.98. The number of hydrogen-bond donors (Lipinski definition) is 0. The monoisotopic (exact) mass is 480 g/mol. The summed E-state index contributed by atoms with van der Waals surface area (Å²) >= 11 is 5.97. The first-order chi connectivity index (χ1) is 16.3. The molecule has 0 amide bonds. The molecule has 8 nitrogen and oxygen atoms in total. The first kappa shape index (κ1) is 22.4. The minimum absolute atomic E-state index is 0.190. The van der Waals surface area contributed by atoms with Crippen LogP contribution in [0.4, 0.5) is 10.2 Å². The maximum absolute atomic E-state index is 15.0. The molecule has 0 aliphatic carbocycles. The number of benzene rings is 1. The highest BCUT2D eigenvalue weighted by molar-refractivity contribution is 6.30. The standard InChI is InChI=1S/C24H22ClFN6O2/c1-13-27-7-6-18(28-13)20-12-32(8-9-34-20)21-11-19-22(24(33)31(3)14(2)29-19)23(30-21)16-5-4-15(25)10-17(16)26/h4-7,10-11,20H,8-9,12H2,1-3H3/t20-/m0/s1. The molecule has 0 bridgehead atoms. The van der Waals surface area contributed by atoms with Crippen LogP contribution >= 0.6 is 11.6 Å². The molecule has 0 radical (unpaired) electrons. The molecular formula is C24H22ClFN6O2. The van der Waals surface area contributed by atoms with Gasteiger partial charge in [0, 0.05) is 36.4 Å². The van der Waals surface area contributed by atoms with Crippen molar-refractivity contribution in [3.63, 3.8) is 0 Å². The van der Waals surface area contributed by atoms with Crippen LogP contribution < -0.4 is 10.5 Å². The molecule has 1 fully saturated rings. The van der Waals surface area contributed by atoms with Crippen molar-refractivity contribution >= 4 is 28.3 Å². The Bertz CT molecular complexity index is 1470. The van der Waals surface area contributed by atoms with Crippen molar-refractivity contribution in [3.05, 3.63) is 75.1 Å². The molecule has 174 valence electrons. The molecule has 34 heavy (non-hydrogen) atoms. The van der Waals surface area contributed by atoms with Gasteiger partial charge in [-0.25, -0.2) is 24.3 Å². The quantitative estimate of drug-likeness (QED) is 0.441. The van der Waals surface area contributed by atoms with Gasteiger partial charge in [-0.2, -0.15) is 0 Å². The summed E-state index contributed by atoms with van der Waals surface area (Å²) < 4.78 is 22.4. The van der Waals surface area contributed by atoms with E-state index in [4.69, 9.17) is 21.3 Å². The number of halogens is 2. The van der Waals surface area contributed by atoms with E-state index in [1.165, 1.54) is 16.7 Å². The lowest BCUT2D eigenvalue weighted by molar-refractivity contribution is 0.0366. The van der Waals surface area contributed by atoms with Crippen molar-refractivity contribution in [2.45, 2.75) is 20.0 Å². The van der Waals surface area contributed by atoms with Gasteiger partial charge < -0.3 is 9.64 Å². The number of fused-ring (bicyclic) bond motifs is 1. The van der Waals surface area contributed by atoms with Gasteiger partial charge in [0.25, 0.3) is 5.56 Å². The van der Waals surface area contributed by atoms with Crippen molar-refractivity contribution in [1.82, 2.24) is 24.5 Å². The fraction of sp³-hybridized carbons (Fsp3) is 0.292. The maximum atomic E-state index is 15.0. The number of hydrogen-bond acceptors (Lipinski definition) is 7. The van der Waals surface area contributed by atoms with E-state index in [1.54, 1.807) is 32.3 Å². The zero-order chi connectivity index (χ0) is 24.0. The van der Waals surface area contributed by atoms with E-state index < -0.39 is 5.82 Å². The Hall–Kier alpha value is -3.43. The Morgan fingerprint density at radius 1 is 1.15 bits per heavy atom. The third-order valence-corrected chi connectivity index (χ3v) is 6.21. The highest BCUT2D eigenvalue weighted by Crippen LogP contribution is 2.32. The van der Waals surface area contributed by atoms with Crippen LogP contribution in [0.25, 0.3) is 22.2 Å². The minimum atomic E-state index is -0.558. The Morgan fingerprint density at radius 2 is 1.97 bits per heavy atom. The van der Waals surface area contributed by atoms with Gasteiger partial charge in [0.2, 0.25) is 0 Å². The van der Waals surface area contributed by atoms with Crippen LogP contribution in [0.5, 0.6) is 0 Å². The zero-order valence-corrected chi connectivity index (χ0v) is 19.7. The average Bonchev–Trinajstić information content (AvgIpc) is 2.82. The zero-order valence-electron chi connectivity index (χ0n) is 18.9. The van der Waals surface area contributed by atoms with E-state index in [0.29, 0.717) is 42.7 Å². The Balaban J connectivity index is 1.66. The van der Waals surface area contributed by atoms with Gasteiger partial charge in [-0.1, -0.05) is 11.6 Å². The molecule has 1 atom stereocenters. The van der Waals surface area contributed by atoms with Gasteiger partial charge in [-0.15, -0.1) is 0 Å². The number of anilines is 1. The van der Waals surface area contributed by atoms with E-state index in [2.05, 4.69) is 15.0 Å². The second kappa shape index (κ2) is 8.73. The SMILES string of the molecule is Cc1nccc([C@@H]2CN(c3cc4nc(C)n(C)c(=O)c4c(-c4ccc(Cl)cc4F)n3)CCO2)n1. The van der Waals surface area contributed by atoms with E-state index in [1.807, 2.05) is 17.9 Å². The normalized spacial score (nSPS) is 16.3. The lowest BCUT2D eigenvalue weighted by atomic mass is 10.1. The molecule has 3 aromatic heterocycles. The second-order valence-corrected chi connectivity index (χ2v) is 8.64. The van der Waals surface area contributed by atoms with Gasteiger partial charge in [-0.3, -0.25) is 9.36 Å². The van der Waals surface area contributed by atoms with Crippen LogP contribution in [-0.2, 0) is 11.8 Å². The van der Waals surface area contributed by atoms with Crippen LogP contribution in [0.2, 0.25) is 5.02 Å². The van der Waals surface area contributed by atoms with Crippen LogP contribution in [0.15, 0.2) is 41.3 Å². The number of ether oxygens (including phenoxy) is 1. The summed E-state index contributed by atoms with van der Waals surface area (Å²) in [5.41, 5.74) is 1.37. The van der Waals surface area contributed by atoms with Gasteiger partial charge in [0.1, 0.15) is 29.4 Å². The summed E-state index contributed by atoms with van der Waals surface area (Å²) in [6.07, 6.45) is 1.43. The lowest BCUT2D eigenvalue weighted by Crippen LogP contribution is -2.39. The molecule has 1 aliphatic rings. The highest BCUT2D eigenvalue weighted by atomic mass is 35.5. The third kappa shape index (κ3) is 4.01. The highest BCUT2D eigenvalue weighted by Gasteiger charge is 2.26. The van der Waals surface area contributed by atoms with Crippen molar-refractivity contribution in [2.75, 3.05) is 24.6 Å². The molecule has 10 heteroatoms. The first-order valence-corrected chi connectivity index (χ1v) is 11.2. The molecule has 4 heterocycles. The number of nitrogens with zero attached hydrogens (tertiary/aromatic N) is 6. The predicted octanol–water partition coefficient (Wildman–Crippen LogP) is 3.77. The summed E-state index contributed by atoms with van der Waals surface area (Å²) in [6, 6.07) is 7.93. The molecule has 0 unspecified atom stereocenters. The van der Waals surface area contributed by atoms with E-state index in [9.17, 15) is 9.18 Å². The molecule has 0 N–H and O–H groups in total. The van der Waals surface area contributed by atoms with E-state index in [0.717, 1.165) is 5.69 Å². The van der Waals surface area contributed by atoms with Crippen molar-refractivity contribution in [1.29, 1.82) is 0 Å². The molecule has 1 saturated heterocycles. The summed E-state index contributed by atoms with van der Waals surface area (Å²) in [7, 11) is 1.64. The molecule has 0 spiro atoms. The summed E-state index contributed by atoms with van der Waals surface area (Å²) in [6.45, 7) is 5.11. The molecule has 1 aromatic carbocycles. The van der Waals surface area contributed by atoms with E-state index >= 15 is 0 Å². The van der Waals surface area contributed by atoms with Gasteiger partial charge in [-0.05, 0) is 38.1 Å². The molecular weight excluding hydrogens is 459 g/mol. The average molecular weight is 481 g/mol. The smallest absolute Gasteiger partial charge is 0.263 e. The van der Waals surface area contributed by atoms with Crippen molar-refractivity contribution < 1.29 is 9.13 Å². The Kier molecular flexibility index (Phi) is 5.75. The topological polar surface area (TPSA) is 86.0 Å². The van der Waals surface area contributed by atoms with Crippen molar-refractivity contribution in [2.24, 2.45) is 7.05 Å². The Morgan fingerprint density at radius 3 is 2.74 bits per heavy atom. The summed E-state index contributed by atoms with van der Waals surface area (Å²) in [5.74, 6) is 1.24. The fourth-order valence-electron chi connectivity index (χ4n) is 4.11. The van der Waals surface area contributed by atoms with Crippen LogP contribution in [-0.4, -0.2) is 44.2 Å². The molecule has 0 saturated carbocycles. The largest absolute Gasteiger partial charge is 0.368 e. The van der Waals surface area contributed by atoms with Crippen molar-refractivity contribution in [3.8, 4) is 11.3 Å². The predicted molar refractivity (Wildman–Crippen MR) is 128 cm³/mol. The molecule has 5 rings (SSSR count). The Labute approximate surface area is 200 Å². The number of aryl methyl sites for hydroxylation is 2. The fourth-order valence-corrected chi connectivity index (χ4v) is 4.27. The van der Waals surface area contributed by atoms with Gasteiger partial charge >= 0.3 is 0 Å². The minimum Gasteiger partial charge on any atom is -0.368 e. The van der Waals surface area contributed by atoms with E-state index in [-0.39, 0.29) is 33.3 Å². The second-order valence-electron chi connectivity index (χ2n) is 8.20. The molecule has 4 aromatic rings. The lowest BCUT2D eigenvalue weighted by Gasteiger charge is -2.33. The van der Waals surface area contributed by atoms with Gasteiger partial charge in [0.05, 0.1) is 35.4 Å². The van der Waals surface area contributed by atoms with Crippen LogP contribution in [0.1, 0.15) is 23.4 Å². The number of aromatic nitrogens is 5. The van der Waals surface area contributed by atoms with Crippen LogP contribution in [0.3, 0.4) is 0 Å². The summed E-state index contributed by atoms with van der Waals surface area (Å²) in [5, 5.41) is 0.522. The van der Waals surface area contributed by atoms with Gasteiger partial charge in [0.15, 0.2) is 0 Å². The first-order valence-electron chi connectivity index (χ1n) is 10.8. The number of rotatable bonds is 3. The molecule has 1 aliphatic heterocycles. The number of pyridine rings is 1. The summed E-state index contributed by atoms with van der Waals surface area (Å²) in [4.78, 5) is 33.2.